The third-order valence-electron chi connectivity index (χ3n) is 4.56. The number of sulfonamides is 1. The second-order valence-corrected chi connectivity index (χ2v) is 8.29. The van der Waals surface area contributed by atoms with Crippen LogP contribution >= 0.6 is 0 Å². The third kappa shape index (κ3) is 3.48. The minimum Gasteiger partial charge on any atom is -0.391 e. The number of aliphatic hydroxyl groups is 1. The first-order valence-electron chi connectivity index (χ1n) is 7.16. The van der Waals surface area contributed by atoms with Crippen molar-refractivity contribution in [2.24, 2.45) is 11.8 Å². The van der Waals surface area contributed by atoms with Crippen molar-refractivity contribution in [2.75, 3.05) is 32.4 Å². The van der Waals surface area contributed by atoms with E-state index in [1.807, 2.05) is 0 Å². The normalized spacial score (nSPS) is 39.4. The molecule has 5 nitrogen and oxygen atoms in total. The number of piperazine rings is 1. The summed E-state index contributed by atoms with van der Waals surface area (Å²) in [5, 5.41) is 10.3. The lowest BCUT2D eigenvalue weighted by molar-refractivity contribution is -0.0342. The second-order valence-electron chi connectivity index (χ2n) is 6.31. The van der Waals surface area contributed by atoms with E-state index in [-0.39, 0.29) is 12.1 Å². The van der Waals surface area contributed by atoms with Crippen molar-refractivity contribution >= 4 is 10.0 Å². The average molecular weight is 290 g/mol. The molecule has 0 amide bonds. The van der Waals surface area contributed by atoms with E-state index in [0.717, 1.165) is 25.9 Å². The summed E-state index contributed by atoms with van der Waals surface area (Å²) in [6.45, 7) is 6.94. The van der Waals surface area contributed by atoms with E-state index in [4.69, 9.17) is 0 Å². The molecule has 4 unspecified atom stereocenters. The molecule has 1 saturated carbocycles. The molecule has 1 N–H and O–H groups in total. The van der Waals surface area contributed by atoms with Gasteiger partial charge in [-0.2, -0.15) is 4.31 Å². The molecule has 1 saturated heterocycles. The molecule has 0 bridgehead atoms. The van der Waals surface area contributed by atoms with Crippen LogP contribution in [0, 0.1) is 11.8 Å². The van der Waals surface area contributed by atoms with Crippen molar-refractivity contribution in [3.05, 3.63) is 0 Å². The maximum absolute atomic E-state index is 11.5. The lowest BCUT2D eigenvalue weighted by Gasteiger charge is -2.46. The van der Waals surface area contributed by atoms with Crippen LogP contribution in [0.2, 0.25) is 0 Å². The largest absolute Gasteiger partial charge is 0.391 e. The molecule has 4 atom stereocenters. The number of hydrogen-bond acceptors (Lipinski definition) is 4. The summed E-state index contributed by atoms with van der Waals surface area (Å²) in [4.78, 5) is 2.28. The molecule has 0 spiro atoms. The minimum absolute atomic E-state index is 0.193. The standard InChI is InChI=1S/C13H26N2O3S/c1-10-8-11(2)13(12(16)9-10)14-4-6-15(7-5-14)19(3,17)18/h10-13,16H,4-9H2,1-3H3. The molecule has 112 valence electrons. The molecule has 6 heteroatoms. The van der Waals surface area contributed by atoms with E-state index in [0.29, 0.717) is 24.9 Å². The number of aliphatic hydroxyl groups excluding tert-OH is 1. The maximum Gasteiger partial charge on any atom is 0.211 e. The Bertz CT molecular complexity index is 392. The molecule has 19 heavy (non-hydrogen) atoms. The highest BCUT2D eigenvalue weighted by molar-refractivity contribution is 7.88. The number of hydrogen-bond donors (Lipinski definition) is 1. The Labute approximate surface area is 116 Å². The van der Waals surface area contributed by atoms with Crippen molar-refractivity contribution in [1.29, 1.82) is 0 Å². The van der Waals surface area contributed by atoms with Crippen molar-refractivity contribution in [2.45, 2.75) is 38.8 Å². The van der Waals surface area contributed by atoms with Gasteiger partial charge in [0.05, 0.1) is 12.4 Å². The monoisotopic (exact) mass is 290 g/mol. The predicted molar refractivity (Wildman–Crippen MR) is 75.3 cm³/mol. The first-order valence-corrected chi connectivity index (χ1v) is 9.01. The fourth-order valence-corrected chi connectivity index (χ4v) is 4.56. The zero-order valence-electron chi connectivity index (χ0n) is 12.1. The van der Waals surface area contributed by atoms with Crippen LogP contribution < -0.4 is 0 Å². The molecule has 2 aliphatic rings. The highest BCUT2D eigenvalue weighted by Crippen LogP contribution is 2.32. The first kappa shape index (κ1) is 15.2. The SMILES string of the molecule is CC1CC(C)C(N2CCN(S(C)(=O)=O)CC2)C(O)C1. The van der Waals surface area contributed by atoms with Gasteiger partial charge >= 0.3 is 0 Å². The molecule has 0 aromatic heterocycles. The minimum atomic E-state index is -3.07. The summed E-state index contributed by atoms with van der Waals surface area (Å²) >= 11 is 0. The van der Waals surface area contributed by atoms with Crippen molar-refractivity contribution in [3.8, 4) is 0 Å². The van der Waals surface area contributed by atoms with E-state index in [9.17, 15) is 13.5 Å². The van der Waals surface area contributed by atoms with E-state index < -0.39 is 10.0 Å². The molecule has 2 rings (SSSR count). The predicted octanol–water partition coefficient (Wildman–Crippen LogP) is 0.359. The molecular weight excluding hydrogens is 264 g/mol. The first-order chi connectivity index (χ1) is 8.79. The van der Waals surface area contributed by atoms with E-state index in [1.54, 1.807) is 0 Å². The Morgan fingerprint density at radius 2 is 1.63 bits per heavy atom. The highest BCUT2D eigenvalue weighted by atomic mass is 32.2. The van der Waals surface area contributed by atoms with Crippen LogP contribution in [0.1, 0.15) is 26.7 Å². The molecule has 0 radical (unpaired) electrons. The van der Waals surface area contributed by atoms with Crippen molar-refractivity contribution in [1.82, 2.24) is 9.21 Å². The smallest absolute Gasteiger partial charge is 0.211 e. The Kier molecular flexibility index (Phi) is 4.55. The van der Waals surface area contributed by atoms with Crippen LogP contribution in [0.3, 0.4) is 0 Å². The molecule has 1 aliphatic heterocycles. The lowest BCUT2D eigenvalue weighted by Crippen LogP contribution is -2.58. The summed E-state index contributed by atoms with van der Waals surface area (Å²) in [6, 6.07) is 0.193. The van der Waals surface area contributed by atoms with Crippen LogP contribution in [0.15, 0.2) is 0 Å². The van der Waals surface area contributed by atoms with Crippen LogP contribution in [0.25, 0.3) is 0 Å². The quantitative estimate of drug-likeness (QED) is 0.798. The van der Waals surface area contributed by atoms with E-state index in [2.05, 4.69) is 18.7 Å². The maximum atomic E-state index is 11.5. The molecule has 2 fully saturated rings. The van der Waals surface area contributed by atoms with Gasteiger partial charge in [-0.25, -0.2) is 8.42 Å². The summed E-state index contributed by atoms with van der Waals surface area (Å²) < 4.78 is 24.5. The van der Waals surface area contributed by atoms with Gasteiger partial charge in [-0.15, -0.1) is 0 Å². The summed E-state index contributed by atoms with van der Waals surface area (Å²) in [6.07, 6.45) is 3.00. The van der Waals surface area contributed by atoms with Gasteiger partial charge in [-0.1, -0.05) is 13.8 Å². The van der Waals surface area contributed by atoms with Gasteiger partial charge < -0.3 is 5.11 Å². The lowest BCUT2D eigenvalue weighted by atomic mass is 9.77. The van der Waals surface area contributed by atoms with Gasteiger partial charge in [-0.05, 0) is 24.7 Å². The summed E-state index contributed by atoms with van der Waals surface area (Å²) in [7, 11) is -3.07. The van der Waals surface area contributed by atoms with Crippen molar-refractivity contribution in [3.63, 3.8) is 0 Å². The zero-order valence-corrected chi connectivity index (χ0v) is 12.9. The van der Waals surface area contributed by atoms with Gasteiger partial charge in [-0.3, -0.25) is 4.90 Å². The zero-order chi connectivity index (χ0) is 14.2. The van der Waals surface area contributed by atoms with Crippen LogP contribution in [-0.4, -0.2) is 67.3 Å². The molecular formula is C13H26N2O3S. The average Bonchev–Trinajstić information content (AvgIpc) is 2.27. The Morgan fingerprint density at radius 3 is 2.11 bits per heavy atom. The molecule has 1 heterocycles. The molecule has 0 aromatic rings. The topological polar surface area (TPSA) is 60.9 Å². The van der Waals surface area contributed by atoms with Gasteiger partial charge in [0, 0.05) is 32.2 Å². The number of nitrogens with zero attached hydrogens (tertiary/aromatic N) is 2. The van der Waals surface area contributed by atoms with Crippen LogP contribution in [0.5, 0.6) is 0 Å². The van der Waals surface area contributed by atoms with Crippen LogP contribution in [0.4, 0.5) is 0 Å². The summed E-state index contributed by atoms with van der Waals surface area (Å²) in [5.41, 5.74) is 0. The summed E-state index contributed by atoms with van der Waals surface area (Å²) in [5.74, 6) is 1.06. The van der Waals surface area contributed by atoms with Gasteiger partial charge in [0.1, 0.15) is 0 Å². The second kappa shape index (κ2) is 5.68. The van der Waals surface area contributed by atoms with E-state index >= 15 is 0 Å². The molecule has 1 aliphatic carbocycles. The van der Waals surface area contributed by atoms with E-state index in [1.165, 1.54) is 10.6 Å². The van der Waals surface area contributed by atoms with Gasteiger partial charge in [0.25, 0.3) is 0 Å². The Hall–Kier alpha value is -0.170. The van der Waals surface area contributed by atoms with Crippen molar-refractivity contribution < 1.29 is 13.5 Å². The Morgan fingerprint density at radius 1 is 1.05 bits per heavy atom. The Balaban J connectivity index is 1.97. The highest BCUT2D eigenvalue weighted by Gasteiger charge is 2.38. The fraction of sp³-hybridized carbons (Fsp3) is 1.00. The third-order valence-corrected chi connectivity index (χ3v) is 5.86. The van der Waals surface area contributed by atoms with Gasteiger partial charge in [0.2, 0.25) is 10.0 Å². The number of rotatable bonds is 2. The fourth-order valence-electron chi connectivity index (χ4n) is 3.74. The van der Waals surface area contributed by atoms with Crippen LogP contribution in [-0.2, 0) is 10.0 Å². The van der Waals surface area contributed by atoms with Gasteiger partial charge in [0.15, 0.2) is 0 Å². The molecule has 0 aromatic carbocycles.